The summed E-state index contributed by atoms with van der Waals surface area (Å²) in [5.41, 5.74) is 1.89. The standard InChI is InChI=1S/C17H18O4/c1-2-15(18)14-5-3-4-6-16(14)21-11-12-7-9-13(10-8-12)17(19)20/h3-10,15,18H,2,11H2,1H3,(H,19,20)/t15-/m1/s1. The molecule has 0 aliphatic heterocycles. The maximum Gasteiger partial charge on any atom is 0.335 e. The third-order valence-corrected chi connectivity index (χ3v) is 3.26. The summed E-state index contributed by atoms with van der Waals surface area (Å²) in [7, 11) is 0. The molecule has 0 heterocycles. The molecule has 0 saturated heterocycles. The monoisotopic (exact) mass is 286 g/mol. The molecule has 0 unspecified atom stereocenters. The van der Waals surface area contributed by atoms with Crippen LogP contribution in [-0.4, -0.2) is 16.2 Å². The normalized spacial score (nSPS) is 11.9. The number of benzene rings is 2. The van der Waals surface area contributed by atoms with Gasteiger partial charge >= 0.3 is 5.97 Å². The summed E-state index contributed by atoms with van der Waals surface area (Å²) in [6.45, 7) is 2.24. The Kier molecular flexibility index (Phi) is 4.95. The lowest BCUT2D eigenvalue weighted by Crippen LogP contribution is -2.03. The second-order valence-electron chi connectivity index (χ2n) is 4.75. The van der Waals surface area contributed by atoms with Crippen molar-refractivity contribution in [1.29, 1.82) is 0 Å². The van der Waals surface area contributed by atoms with Gasteiger partial charge in [0.1, 0.15) is 12.4 Å². The minimum absolute atomic E-state index is 0.251. The zero-order valence-electron chi connectivity index (χ0n) is 11.8. The molecule has 110 valence electrons. The van der Waals surface area contributed by atoms with Crippen molar-refractivity contribution in [2.24, 2.45) is 0 Å². The van der Waals surface area contributed by atoms with E-state index >= 15 is 0 Å². The van der Waals surface area contributed by atoms with Crippen LogP contribution in [0, 0.1) is 0 Å². The van der Waals surface area contributed by atoms with Crippen LogP contribution in [0.1, 0.15) is 40.9 Å². The summed E-state index contributed by atoms with van der Waals surface area (Å²) in [5, 5.41) is 18.8. The lowest BCUT2D eigenvalue weighted by Gasteiger charge is -2.15. The van der Waals surface area contributed by atoms with E-state index in [-0.39, 0.29) is 5.56 Å². The Morgan fingerprint density at radius 2 is 1.81 bits per heavy atom. The summed E-state index contributed by atoms with van der Waals surface area (Å²) in [5.74, 6) is -0.298. The zero-order chi connectivity index (χ0) is 15.2. The first-order valence-corrected chi connectivity index (χ1v) is 6.84. The number of para-hydroxylation sites is 1. The van der Waals surface area contributed by atoms with Gasteiger partial charge < -0.3 is 14.9 Å². The second-order valence-corrected chi connectivity index (χ2v) is 4.75. The van der Waals surface area contributed by atoms with E-state index in [9.17, 15) is 9.90 Å². The average Bonchev–Trinajstić information content (AvgIpc) is 2.52. The highest BCUT2D eigenvalue weighted by atomic mass is 16.5. The third kappa shape index (κ3) is 3.83. The molecule has 0 radical (unpaired) electrons. The number of carbonyl (C=O) groups is 1. The smallest absolute Gasteiger partial charge is 0.335 e. The Balaban J connectivity index is 2.08. The molecular weight excluding hydrogens is 268 g/mol. The number of aliphatic hydroxyl groups is 1. The van der Waals surface area contributed by atoms with Gasteiger partial charge in [0.05, 0.1) is 11.7 Å². The summed E-state index contributed by atoms with van der Waals surface area (Å²) in [6, 6.07) is 13.9. The molecule has 1 atom stereocenters. The molecule has 4 heteroatoms. The van der Waals surface area contributed by atoms with Crippen molar-refractivity contribution in [1.82, 2.24) is 0 Å². The third-order valence-electron chi connectivity index (χ3n) is 3.26. The van der Waals surface area contributed by atoms with E-state index in [0.29, 0.717) is 18.8 Å². The lowest BCUT2D eigenvalue weighted by atomic mass is 10.1. The van der Waals surface area contributed by atoms with Gasteiger partial charge in [-0.1, -0.05) is 37.3 Å². The number of hydrogen-bond acceptors (Lipinski definition) is 3. The molecular formula is C17H18O4. The van der Waals surface area contributed by atoms with Crippen LogP contribution in [-0.2, 0) is 6.61 Å². The van der Waals surface area contributed by atoms with Crippen LogP contribution < -0.4 is 4.74 Å². The van der Waals surface area contributed by atoms with Crippen molar-refractivity contribution >= 4 is 5.97 Å². The highest BCUT2D eigenvalue weighted by molar-refractivity contribution is 5.87. The van der Waals surface area contributed by atoms with Gasteiger partial charge in [-0.2, -0.15) is 0 Å². The molecule has 0 spiro atoms. The van der Waals surface area contributed by atoms with Gasteiger partial charge in [-0.15, -0.1) is 0 Å². The van der Waals surface area contributed by atoms with E-state index in [2.05, 4.69) is 0 Å². The minimum atomic E-state index is -0.945. The molecule has 0 saturated carbocycles. The summed E-state index contributed by atoms with van der Waals surface area (Å²) < 4.78 is 5.74. The van der Waals surface area contributed by atoms with Crippen LogP contribution in [0.25, 0.3) is 0 Å². The SMILES string of the molecule is CC[C@@H](O)c1ccccc1OCc1ccc(C(=O)O)cc1. The van der Waals surface area contributed by atoms with E-state index in [1.807, 2.05) is 31.2 Å². The summed E-state index contributed by atoms with van der Waals surface area (Å²) >= 11 is 0. The average molecular weight is 286 g/mol. The molecule has 0 amide bonds. The molecule has 2 N–H and O–H groups in total. The number of ether oxygens (including phenoxy) is 1. The van der Waals surface area contributed by atoms with Gasteiger partial charge in [0, 0.05) is 5.56 Å². The van der Waals surface area contributed by atoms with Gasteiger partial charge in [0.15, 0.2) is 0 Å². The Bertz CT molecular complexity index is 604. The number of rotatable bonds is 6. The maximum atomic E-state index is 10.8. The number of hydrogen-bond donors (Lipinski definition) is 2. The molecule has 21 heavy (non-hydrogen) atoms. The van der Waals surface area contributed by atoms with Crippen molar-refractivity contribution in [2.45, 2.75) is 26.1 Å². The quantitative estimate of drug-likeness (QED) is 0.854. The molecule has 2 aromatic carbocycles. The van der Waals surface area contributed by atoms with Gasteiger partial charge in [-0.3, -0.25) is 0 Å². The fraction of sp³-hybridized carbons (Fsp3) is 0.235. The van der Waals surface area contributed by atoms with Crippen LogP contribution in [0.5, 0.6) is 5.75 Å². The minimum Gasteiger partial charge on any atom is -0.489 e. The summed E-state index contributed by atoms with van der Waals surface area (Å²) in [4.78, 5) is 10.8. The van der Waals surface area contributed by atoms with E-state index in [4.69, 9.17) is 9.84 Å². The number of aliphatic hydroxyl groups excluding tert-OH is 1. The highest BCUT2D eigenvalue weighted by Crippen LogP contribution is 2.27. The lowest BCUT2D eigenvalue weighted by molar-refractivity contribution is 0.0697. The van der Waals surface area contributed by atoms with E-state index in [1.165, 1.54) is 0 Å². The Morgan fingerprint density at radius 3 is 2.43 bits per heavy atom. The van der Waals surface area contributed by atoms with Gasteiger partial charge in [-0.25, -0.2) is 4.79 Å². The molecule has 0 aromatic heterocycles. The van der Waals surface area contributed by atoms with Crippen LogP contribution >= 0.6 is 0 Å². The van der Waals surface area contributed by atoms with Crippen molar-refractivity contribution < 1.29 is 19.7 Å². The Morgan fingerprint density at radius 1 is 1.14 bits per heavy atom. The van der Waals surface area contributed by atoms with Crippen LogP contribution in [0.2, 0.25) is 0 Å². The Labute approximate surface area is 123 Å². The van der Waals surface area contributed by atoms with E-state index in [0.717, 1.165) is 11.1 Å². The molecule has 0 bridgehead atoms. The zero-order valence-corrected chi connectivity index (χ0v) is 11.8. The molecule has 0 aliphatic rings. The number of aromatic carboxylic acids is 1. The fourth-order valence-corrected chi connectivity index (χ4v) is 2.01. The molecule has 2 aromatic rings. The van der Waals surface area contributed by atoms with E-state index in [1.54, 1.807) is 24.3 Å². The molecule has 0 fully saturated rings. The first kappa shape index (κ1) is 15.1. The van der Waals surface area contributed by atoms with Crippen LogP contribution in [0.4, 0.5) is 0 Å². The van der Waals surface area contributed by atoms with Crippen molar-refractivity contribution in [3.05, 3.63) is 65.2 Å². The Hall–Kier alpha value is -2.33. The highest BCUT2D eigenvalue weighted by Gasteiger charge is 2.11. The topological polar surface area (TPSA) is 66.8 Å². The van der Waals surface area contributed by atoms with E-state index < -0.39 is 12.1 Å². The molecule has 4 nitrogen and oxygen atoms in total. The first-order valence-electron chi connectivity index (χ1n) is 6.84. The van der Waals surface area contributed by atoms with Gasteiger partial charge in [-0.05, 0) is 30.2 Å². The largest absolute Gasteiger partial charge is 0.489 e. The van der Waals surface area contributed by atoms with Crippen LogP contribution in [0.15, 0.2) is 48.5 Å². The predicted octanol–water partition coefficient (Wildman–Crippen LogP) is 3.41. The molecule has 2 rings (SSSR count). The number of carboxylic acid groups (broad SMARTS) is 1. The van der Waals surface area contributed by atoms with Gasteiger partial charge in [0.2, 0.25) is 0 Å². The molecule has 0 aliphatic carbocycles. The maximum absolute atomic E-state index is 10.8. The van der Waals surface area contributed by atoms with Crippen molar-refractivity contribution in [3.63, 3.8) is 0 Å². The first-order chi connectivity index (χ1) is 10.1. The second kappa shape index (κ2) is 6.90. The predicted molar refractivity (Wildman–Crippen MR) is 79.4 cm³/mol. The van der Waals surface area contributed by atoms with Gasteiger partial charge in [0.25, 0.3) is 0 Å². The van der Waals surface area contributed by atoms with Crippen LogP contribution in [0.3, 0.4) is 0 Å². The number of carboxylic acids is 1. The van der Waals surface area contributed by atoms with Crippen molar-refractivity contribution in [2.75, 3.05) is 0 Å². The fourth-order valence-electron chi connectivity index (χ4n) is 2.01. The summed E-state index contributed by atoms with van der Waals surface area (Å²) in [6.07, 6.45) is 0.0730. The van der Waals surface area contributed by atoms with Crippen molar-refractivity contribution in [3.8, 4) is 5.75 Å².